The van der Waals surface area contributed by atoms with Crippen molar-refractivity contribution in [2.75, 3.05) is 45.0 Å². The molecule has 9 heteroatoms. The van der Waals surface area contributed by atoms with Crippen LogP contribution in [0.2, 0.25) is 5.02 Å². The number of rotatable bonds is 5. The molecule has 184 valence electrons. The molecule has 3 heterocycles. The Hall–Kier alpha value is -3.07. The summed E-state index contributed by atoms with van der Waals surface area (Å²) in [6, 6.07) is 10.1. The van der Waals surface area contributed by atoms with Gasteiger partial charge in [0.25, 0.3) is 0 Å². The van der Waals surface area contributed by atoms with Gasteiger partial charge in [0, 0.05) is 30.7 Å². The van der Waals surface area contributed by atoms with Gasteiger partial charge in [-0.05, 0) is 36.2 Å². The van der Waals surface area contributed by atoms with Crippen molar-refractivity contribution in [1.82, 2.24) is 4.90 Å². The third-order valence-electron chi connectivity index (χ3n) is 6.65. The van der Waals surface area contributed by atoms with Gasteiger partial charge in [0.15, 0.2) is 6.73 Å². The zero-order valence-corrected chi connectivity index (χ0v) is 20.5. The second kappa shape index (κ2) is 9.89. The van der Waals surface area contributed by atoms with E-state index in [0.29, 0.717) is 46.1 Å². The zero-order chi connectivity index (χ0) is 24.5. The number of aryl methyl sites for hydroxylation is 1. The first-order valence-corrected chi connectivity index (χ1v) is 11.9. The Kier molecular flexibility index (Phi) is 6.69. The van der Waals surface area contributed by atoms with Crippen LogP contribution in [0.5, 0.6) is 5.75 Å². The molecule has 2 aliphatic heterocycles. The van der Waals surface area contributed by atoms with Crippen molar-refractivity contribution in [2.45, 2.75) is 26.4 Å². The van der Waals surface area contributed by atoms with Gasteiger partial charge in [0.1, 0.15) is 11.3 Å². The van der Waals surface area contributed by atoms with Crippen LogP contribution < -0.4 is 15.3 Å². The van der Waals surface area contributed by atoms with E-state index in [-0.39, 0.29) is 12.0 Å². The number of anilines is 1. The molecule has 3 aromatic rings. The molecule has 2 aromatic carbocycles. The first-order valence-electron chi connectivity index (χ1n) is 11.6. The number of esters is 1. The minimum absolute atomic E-state index is 0.158. The molecule has 0 unspecified atom stereocenters. The molecule has 1 saturated heterocycles. The molecule has 1 fully saturated rings. The highest BCUT2D eigenvalue weighted by atomic mass is 35.5. The lowest BCUT2D eigenvalue weighted by molar-refractivity contribution is -0.139. The lowest BCUT2D eigenvalue weighted by atomic mass is 10.00. The molecule has 0 spiro atoms. The molecule has 2 aliphatic rings. The Labute approximate surface area is 207 Å². The normalized spacial score (nSPS) is 16.1. The molecule has 0 radical (unpaired) electrons. The summed E-state index contributed by atoms with van der Waals surface area (Å²) < 4.78 is 21.9. The predicted octanol–water partition coefficient (Wildman–Crippen LogP) is 3.66. The number of methoxy groups -OCH3 is 1. The molecule has 0 aliphatic carbocycles. The fourth-order valence-electron chi connectivity index (χ4n) is 4.63. The Morgan fingerprint density at radius 2 is 1.91 bits per heavy atom. The number of carbonyl (C=O) groups is 1. The molecule has 0 atom stereocenters. The third kappa shape index (κ3) is 4.74. The molecule has 1 aromatic heterocycles. The maximum atomic E-state index is 12.8. The van der Waals surface area contributed by atoms with Gasteiger partial charge in [-0.1, -0.05) is 23.7 Å². The van der Waals surface area contributed by atoms with E-state index in [2.05, 4.69) is 34.1 Å². The topological polar surface area (TPSA) is 81.5 Å². The lowest BCUT2D eigenvalue weighted by Crippen LogP contribution is -2.35. The monoisotopic (exact) mass is 498 g/mol. The van der Waals surface area contributed by atoms with Crippen molar-refractivity contribution in [3.05, 3.63) is 68.0 Å². The Morgan fingerprint density at radius 3 is 2.63 bits per heavy atom. The number of fused-ring (bicyclic) bond motifs is 3. The van der Waals surface area contributed by atoms with Gasteiger partial charge in [0.2, 0.25) is 0 Å². The number of ether oxygens (including phenoxy) is 3. The van der Waals surface area contributed by atoms with E-state index in [1.807, 2.05) is 0 Å². The average molecular weight is 499 g/mol. The van der Waals surface area contributed by atoms with Crippen LogP contribution >= 0.6 is 11.6 Å². The van der Waals surface area contributed by atoms with Crippen LogP contribution in [0.3, 0.4) is 0 Å². The number of halogens is 1. The van der Waals surface area contributed by atoms with E-state index in [1.165, 1.54) is 12.7 Å². The zero-order valence-electron chi connectivity index (χ0n) is 19.8. The molecular formula is C26H27ClN2O6. The number of hydrogen-bond acceptors (Lipinski definition) is 8. The van der Waals surface area contributed by atoms with Crippen molar-refractivity contribution < 1.29 is 23.4 Å². The molecule has 0 saturated carbocycles. The quantitative estimate of drug-likeness (QED) is 0.389. The predicted molar refractivity (Wildman–Crippen MR) is 132 cm³/mol. The van der Waals surface area contributed by atoms with E-state index < -0.39 is 11.6 Å². The van der Waals surface area contributed by atoms with E-state index in [1.54, 1.807) is 13.0 Å². The third-order valence-corrected chi connectivity index (χ3v) is 6.93. The van der Waals surface area contributed by atoms with E-state index in [4.69, 9.17) is 30.2 Å². The van der Waals surface area contributed by atoms with Crippen molar-refractivity contribution in [3.63, 3.8) is 0 Å². The number of carbonyl (C=O) groups excluding carboxylic acids is 1. The van der Waals surface area contributed by atoms with Crippen LogP contribution in [0.4, 0.5) is 5.69 Å². The first-order chi connectivity index (χ1) is 16.9. The van der Waals surface area contributed by atoms with E-state index >= 15 is 0 Å². The Bertz CT molecular complexity index is 1310. The largest absolute Gasteiger partial charge is 0.471 e. The second-order valence-corrected chi connectivity index (χ2v) is 9.22. The minimum Gasteiger partial charge on any atom is -0.471 e. The van der Waals surface area contributed by atoms with Gasteiger partial charge in [-0.3, -0.25) is 9.69 Å². The summed E-state index contributed by atoms with van der Waals surface area (Å²) >= 11 is 6.56. The fourth-order valence-corrected chi connectivity index (χ4v) is 4.91. The standard InChI is InChI=1S/C26H27ClN2O6/c1-16-19-11-22(27)25-21(24(19)35-26(31)20(16)12-23(30)32-2)14-29(15-34-25)18-5-3-17(4-6-18)13-28-7-9-33-10-8-28/h3-6,11H,7-10,12-15H2,1-2H3. The molecule has 5 rings (SSSR count). The van der Waals surface area contributed by atoms with Gasteiger partial charge in [-0.2, -0.15) is 0 Å². The highest BCUT2D eigenvalue weighted by molar-refractivity contribution is 6.33. The van der Waals surface area contributed by atoms with E-state index in [0.717, 1.165) is 38.5 Å². The summed E-state index contributed by atoms with van der Waals surface area (Å²) in [7, 11) is 1.29. The van der Waals surface area contributed by atoms with Gasteiger partial charge >= 0.3 is 11.6 Å². The van der Waals surface area contributed by atoms with Crippen molar-refractivity contribution in [2.24, 2.45) is 0 Å². The molecule has 0 amide bonds. The van der Waals surface area contributed by atoms with Gasteiger partial charge in [0.05, 0.1) is 49.4 Å². The lowest BCUT2D eigenvalue weighted by Gasteiger charge is -2.32. The molecular weight excluding hydrogens is 472 g/mol. The van der Waals surface area contributed by atoms with Crippen molar-refractivity contribution >= 4 is 34.2 Å². The summed E-state index contributed by atoms with van der Waals surface area (Å²) in [6.07, 6.45) is -0.158. The maximum Gasteiger partial charge on any atom is 0.340 e. The number of benzene rings is 2. The molecule has 35 heavy (non-hydrogen) atoms. The van der Waals surface area contributed by atoms with Crippen LogP contribution in [0.25, 0.3) is 11.0 Å². The van der Waals surface area contributed by atoms with Gasteiger partial charge in [-0.15, -0.1) is 0 Å². The van der Waals surface area contributed by atoms with Crippen LogP contribution in [0, 0.1) is 6.92 Å². The van der Waals surface area contributed by atoms with Crippen molar-refractivity contribution in [1.29, 1.82) is 0 Å². The smallest absolute Gasteiger partial charge is 0.340 e. The number of nitrogens with zero attached hydrogens (tertiary/aromatic N) is 2. The minimum atomic E-state index is -0.561. The molecule has 0 N–H and O–H groups in total. The highest BCUT2D eigenvalue weighted by Gasteiger charge is 2.27. The van der Waals surface area contributed by atoms with Crippen molar-refractivity contribution in [3.8, 4) is 5.75 Å². The van der Waals surface area contributed by atoms with Crippen LogP contribution in [0.1, 0.15) is 22.3 Å². The van der Waals surface area contributed by atoms with Gasteiger partial charge < -0.3 is 23.5 Å². The second-order valence-electron chi connectivity index (χ2n) is 8.82. The van der Waals surface area contributed by atoms with Crippen LogP contribution in [-0.2, 0) is 33.8 Å². The summed E-state index contributed by atoms with van der Waals surface area (Å²) in [5.74, 6) is 0.0120. The van der Waals surface area contributed by atoms with Crippen LogP contribution in [0.15, 0.2) is 39.5 Å². The summed E-state index contributed by atoms with van der Waals surface area (Å²) in [6.45, 7) is 6.91. The summed E-state index contributed by atoms with van der Waals surface area (Å²) in [4.78, 5) is 29.0. The SMILES string of the molecule is COC(=O)Cc1c(C)c2cc(Cl)c3c(c2oc1=O)CN(c1ccc(CN2CCOCC2)cc1)CO3. The fraction of sp³-hybridized carbons (Fsp3) is 0.385. The number of hydrogen-bond donors (Lipinski definition) is 0. The maximum absolute atomic E-state index is 12.8. The number of morpholine rings is 1. The molecule has 0 bridgehead atoms. The van der Waals surface area contributed by atoms with Gasteiger partial charge in [-0.25, -0.2) is 4.79 Å². The first kappa shape index (κ1) is 23.7. The Balaban J connectivity index is 1.44. The Morgan fingerprint density at radius 1 is 1.17 bits per heavy atom. The summed E-state index contributed by atoms with van der Waals surface area (Å²) in [5.41, 5.74) is 3.73. The highest BCUT2D eigenvalue weighted by Crippen LogP contribution is 2.40. The average Bonchev–Trinajstić information content (AvgIpc) is 2.88. The van der Waals surface area contributed by atoms with E-state index in [9.17, 15) is 9.59 Å². The summed E-state index contributed by atoms with van der Waals surface area (Å²) in [5, 5.41) is 1.12. The van der Waals surface area contributed by atoms with Crippen LogP contribution in [-0.4, -0.2) is 51.0 Å². The molecule has 8 nitrogen and oxygen atoms in total.